The van der Waals surface area contributed by atoms with Crippen LogP contribution in [0.4, 0.5) is 5.69 Å². The maximum atomic E-state index is 11.9. The zero-order chi connectivity index (χ0) is 17.2. The minimum Gasteiger partial charge on any atom is -0.358 e. The van der Waals surface area contributed by atoms with Gasteiger partial charge in [0.1, 0.15) is 0 Å². The van der Waals surface area contributed by atoms with Gasteiger partial charge in [-0.1, -0.05) is 19.9 Å². The van der Waals surface area contributed by atoms with E-state index in [1.165, 1.54) is 0 Å². The predicted octanol–water partition coefficient (Wildman–Crippen LogP) is 1.97. The first-order valence-electron chi connectivity index (χ1n) is 7.27. The second-order valence-corrected chi connectivity index (χ2v) is 5.71. The maximum Gasteiger partial charge on any atom is 0.269 e. The number of anilines is 1. The fraction of sp³-hybridized carbons (Fsp3) is 0.312. The molecule has 0 aliphatic heterocycles. The molecule has 4 N–H and O–H groups in total. The van der Waals surface area contributed by atoms with Crippen LogP contribution in [0.3, 0.4) is 0 Å². The lowest BCUT2D eigenvalue weighted by Gasteiger charge is -2.11. The van der Waals surface area contributed by atoms with Crippen molar-refractivity contribution in [3.8, 4) is 0 Å². The number of thiocarbonyl (C=S) groups is 1. The SMILES string of the molecule is C=CCNC(=S)NNC(=O)c1ccc(NC(=O)CC(C)C)cc1. The molecular formula is C16H22N4O2S. The highest BCUT2D eigenvalue weighted by Crippen LogP contribution is 2.11. The average molecular weight is 334 g/mol. The Bertz CT molecular complexity index is 570. The van der Waals surface area contributed by atoms with E-state index in [1.807, 2.05) is 13.8 Å². The number of amides is 2. The van der Waals surface area contributed by atoms with Gasteiger partial charge in [-0.3, -0.25) is 20.4 Å². The van der Waals surface area contributed by atoms with E-state index in [0.29, 0.717) is 35.2 Å². The number of carbonyl (C=O) groups excluding carboxylic acids is 2. The Morgan fingerprint density at radius 1 is 1.22 bits per heavy atom. The molecule has 124 valence electrons. The van der Waals surface area contributed by atoms with Crippen LogP contribution in [-0.2, 0) is 4.79 Å². The van der Waals surface area contributed by atoms with Crippen molar-refractivity contribution in [2.75, 3.05) is 11.9 Å². The van der Waals surface area contributed by atoms with Crippen LogP contribution in [0.2, 0.25) is 0 Å². The number of hydrogen-bond donors (Lipinski definition) is 4. The molecule has 0 radical (unpaired) electrons. The highest BCUT2D eigenvalue weighted by Gasteiger charge is 2.08. The van der Waals surface area contributed by atoms with Crippen LogP contribution < -0.4 is 21.5 Å². The Morgan fingerprint density at radius 2 is 1.87 bits per heavy atom. The second-order valence-electron chi connectivity index (χ2n) is 5.30. The van der Waals surface area contributed by atoms with Crippen molar-refractivity contribution in [3.63, 3.8) is 0 Å². The van der Waals surface area contributed by atoms with Crippen LogP contribution in [-0.4, -0.2) is 23.5 Å². The Morgan fingerprint density at radius 3 is 2.43 bits per heavy atom. The normalized spacial score (nSPS) is 9.87. The maximum absolute atomic E-state index is 11.9. The molecule has 0 unspecified atom stereocenters. The van der Waals surface area contributed by atoms with Gasteiger partial charge < -0.3 is 10.6 Å². The predicted molar refractivity (Wildman–Crippen MR) is 95.9 cm³/mol. The number of carbonyl (C=O) groups is 2. The average Bonchev–Trinajstić information content (AvgIpc) is 2.50. The molecule has 1 aromatic carbocycles. The molecule has 23 heavy (non-hydrogen) atoms. The molecule has 2 amide bonds. The van der Waals surface area contributed by atoms with Crippen molar-refractivity contribution in [1.29, 1.82) is 0 Å². The lowest BCUT2D eigenvalue weighted by Crippen LogP contribution is -2.46. The van der Waals surface area contributed by atoms with Crippen LogP contribution in [0.1, 0.15) is 30.6 Å². The first kappa shape index (κ1) is 18.6. The van der Waals surface area contributed by atoms with E-state index in [4.69, 9.17) is 12.2 Å². The first-order chi connectivity index (χ1) is 10.9. The Hall–Kier alpha value is -2.41. The van der Waals surface area contributed by atoms with Crippen LogP contribution in [0.15, 0.2) is 36.9 Å². The van der Waals surface area contributed by atoms with Crippen molar-refractivity contribution in [3.05, 3.63) is 42.5 Å². The number of rotatable bonds is 6. The van der Waals surface area contributed by atoms with Gasteiger partial charge in [0.25, 0.3) is 5.91 Å². The van der Waals surface area contributed by atoms with Crippen LogP contribution >= 0.6 is 12.2 Å². The zero-order valence-electron chi connectivity index (χ0n) is 13.3. The standard InChI is InChI=1S/C16H22N4O2S/c1-4-9-17-16(23)20-19-15(22)12-5-7-13(8-6-12)18-14(21)10-11(2)3/h4-8,11H,1,9-10H2,2-3H3,(H,18,21)(H,19,22)(H2,17,20,23). The summed E-state index contributed by atoms with van der Waals surface area (Å²) >= 11 is 4.96. The van der Waals surface area contributed by atoms with Gasteiger partial charge in [0.05, 0.1) is 0 Å². The summed E-state index contributed by atoms with van der Waals surface area (Å²) in [6.45, 7) is 8.02. The van der Waals surface area contributed by atoms with Gasteiger partial charge in [-0.15, -0.1) is 6.58 Å². The zero-order valence-corrected chi connectivity index (χ0v) is 14.1. The van der Waals surface area contributed by atoms with Gasteiger partial charge in [0, 0.05) is 24.2 Å². The molecule has 0 aliphatic rings. The van der Waals surface area contributed by atoms with Crippen LogP contribution in [0.5, 0.6) is 0 Å². The van der Waals surface area contributed by atoms with Crippen molar-refractivity contribution in [1.82, 2.24) is 16.2 Å². The Balaban J connectivity index is 2.49. The van der Waals surface area contributed by atoms with Crippen LogP contribution in [0, 0.1) is 5.92 Å². The molecule has 0 saturated carbocycles. The summed E-state index contributed by atoms with van der Waals surface area (Å²) in [5.74, 6) is -0.0741. The van der Waals surface area contributed by atoms with Crippen molar-refractivity contribution >= 4 is 34.8 Å². The van der Waals surface area contributed by atoms with Gasteiger partial charge in [-0.25, -0.2) is 0 Å². The molecule has 1 aromatic rings. The molecule has 0 bridgehead atoms. The minimum atomic E-state index is -0.326. The van der Waals surface area contributed by atoms with Crippen molar-refractivity contribution < 1.29 is 9.59 Å². The van der Waals surface area contributed by atoms with Gasteiger partial charge in [0.2, 0.25) is 5.91 Å². The molecule has 6 nitrogen and oxygen atoms in total. The topological polar surface area (TPSA) is 82.3 Å². The van der Waals surface area contributed by atoms with E-state index in [-0.39, 0.29) is 11.8 Å². The number of hydrazine groups is 1. The monoisotopic (exact) mass is 334 g/mol. The molecule has 0 heterocycles. The van der Waals surface area contributed by atoms with Gasteiger partial charge in [-0.2, -0.15) is 0 Å². The molecule has 0 aliphatic carbocycles. The molecule has 0 fully saturated rings. The van der Waals surface area contributed by atoms with Gasteiger partial charge in [-0.05, 0) is 42.4 Å². The smallest absolute Gasteiger partial charge is 0.269 e. The van der Waals surface area contributed by atoms with Gasteiger partial charge >= 0.3 is 0 Å². The van der Waals surface area contributed by atoms with Gasteiger partial charge in [0.15, 0.2) is 5.11 Å². The number of benzene rings is 1. The fourth-order valence-corrected chi connectivity index (χ4v) is 1.82. The molecule has 1 rings (SSSR count). The Kier molecular flexibility index (Phi) is 7.76. The van der Waals surface area contributed by atoms with E-state index in [0.717, 1.165) is 0 Å². The largest absolute Gasteiger partial charge is 0.358 e. The molecule has 0 atom stereocenters. The van der Waals surface area contributed by atoms with E-state index in [9.17, 15) is 9.59 Å². The number of hydrogen-bond acceptors (Lipinski definition) is 3. The van der Waals surface area contributed by atoms with Crippen LogP contribution in [0.25, 0.3) is 0 Å². The quantitative estimate of drug-likeness (QED) is 0.363. The highest BCUT2D eigenvalue weighted by molar-refractivity contribution is 7.80. The van der Waals surface area contributed by atoms with E-state index >= 15 is 0 Å². The molecule has 0 aromatic heterocycles. The summed E-state index contributed by atoms with van der Waals surface area (Å²) in [6, 6.07) is 6.62. The molecule has 7 heteroatoms. The number of nitrogens with one attached hydrogen (secondary N) is 4. The molecule has 0 saturated heterocycles. The third-order valence-electron chi connectivity index (χ3n) is 2.72. The van der Waals surface area contributed by atoms with Crippen molar-refractivity contribution in [2.24, 2.45) is 5.92 Å². The summed E-state index contributed by atoms with van der Waals surface area (Å²) in [6.07, 6.45) is 2.11. The highest BCUT2D eigenvalue weighted by atomic mass is 32.1. The lowest BCUT2D eigenvalue weighted by atomic mass is 10.1. The minimum absolute atomic E-state index is 0.0440. The summed E-state index contributed by atoms with van der Waals surface area (Å²) in [5.41, 5.74) is 6.17. The summed E-state index contributed by atoms with van der Waals surface area (Å²) < 4.78 is 0. The van der Waals surface area contributed by atoms with E-state index < -0.39 is 0 Å². The van der Waals surface area contributed by atoms with E-state index in [1.54, 1.807) is 30.3 Å². The first-order valence-corrected chi connectivity index (χ1v) is 7.68. The third kappa shape index (κ3) is 7.42. The summed E-state index contributed by atoms with van der Waals surface area (Å²) in [4.78, 5) is 23.6. The third-order valence-corrected chi connectivity index (χ3v) is 2.97. The summed E-state index contributed by atoms with van der Waals surface area (Å²) in [7, 11) is 0. The summed E-state index contributed by atoms with van der Waals surface area (Å²) in [5, 5.41) is 5.91. The Labute approximate surface area is 141 Å². The van der Waals surface area contributed by atoms with E-state index in [2.05, 4.69) is 28.1 Å². The second kappa shape index (κ2) is 9.58. The molecular weight excluding hydrogens is 312 g/mol. The van der Waals surface area contributed by atoms with Crippen molar-refractivity contribution in [2.45, 2.75) is 20.3 Å². The fourth-order valence-electron chi connectivity index (χ4n) is 1.68. The molecule has 0 spiro atoms. The lowest BCUT2D eigenvalue weighted by molar-refractivity contribution is -0.116.